The van der Waals surface area contributed by atoms with Gasteiger partial charge in [0.25, 0.3) is 5.91 Å². The molecule has 1 unspecified atom stereocenters. The Morgan fingerprint density at radius 3 is 2.96 bits per heavy atom. The molecule has 2 aromatic heterocycles. The highest BCUT2D eigenvalue weighted by Gasteiger charge is 2.32. The summed E-state index contributed by atoms with van der Waals surface area (Å²) >= 11 is 0. The van der Waals surface area contributed by atoms with Crippen LogP contribution < -0.4 is 5.32 Å². The van der Waals surface area contributed by atoms with E-state index in [1.807, 2.05) is 29.7 Å². The molecule has 0 bridgehead atoms. The van der Waals surface area contributed by atoms with Gasteiger partial charge >= 0.3 is 0 Å². The quantitative estimate of drug-likeness (QED) is 0.770. The van der Waals surface area contributed by atoms with E-state index in [0.29, 0.717) is 31.0 Å². The van der Waals surface area contributed by atoms with Crippen molar-refractivity contribution in [3.05, 3.63) is 77.8 Å². The number of carbonyl (C=O) groups excluding carboxylic acids is 2. The van der Waals surface area contributed by atoms with Gasteiger partial charge in [-0.15, -0.1) is 0 Å². The minimum Gasteiger partial charge on any atom is -0.467 e. The topological polar surface area (TPSA) is 80.4 Å². The molecule has 0 saturated heterocycles. The summed E-state index contributed by atoms with van der Waals surface area (Å²) in [5.74, 6) is 0.417. The number of furan rings is 1. The monoisotopic (exact) mass is 364 g/mol. The second-order valence-electron chi connectivity index (χ2n) is 6.66. The lowest BCUT2D eigenvalue weighted by Crippen LogP contribution is -2.46. The molecule has 7 nitrogen and oxygen atoms in total. The number of nitrogens with one attached hydrogen (secondary N) is 1. The summed E-state index contributed by atoms with van der Waals surface area (Å²) in [5, 5.41) is 2.87. The van der Waals surface area contributed by atoms with Crippen LogP contribution in [0.25, 0.3) is 0 Å². The molecular formula is C20H20N4O3. The summed E-state index contributed by atoms with van der Waals surface area (Å²) in [7, 11) is 0. The molecule has 0 aliphatic carbocycles. The number of hydrogen-bond donors (Lipinski definition) is 1. The Kier molecular flexibility index (Phi) is 4.50. The van der Waals surface area contributed by atoms with Crippen molar-refractivity contribution in [2.75, 3.05) is 6.54 Å². The lowest BCUT2D eigenvalue weighted by molar-refractivity contribution is -0.125. The summed E-state index contributed by atoms with van der Waals surface area (Å²) in [6.07, 6.45) is 4.90. The van der Waals surface area contributed by atoms with Crippen molar-refractivity contribution in [1.82, 2.24) is 19.8 Å². The van der Waals surface area contributed by atoms with E-state index in [1.165, 1.54) is 0 Å². The van der Waals surface area contributed by atoms with E-state index in [9.17, 15) is 9.59 Å². The molecule has 0 saturated carbocycles. The minimum atomic E-state index is -0.528. The van der Waals surface area contributed by atoms with Crippen molar-refractivity contribution in [3.8, 4) is 0 Å². The van der Waals surface area contributed by atoms with E-state index in [-0.39, 0.29) is 11.8 Å². The number of benzene rings is 1. The molecule has 0 fully saturated rings. The lowest BCUT2D eigenvalue weighted by Gasteiger charge is -2.33. The number of amides is 2. The fourth-order valence-electron chi connectivity index (χ4n) is 3.32. The lowest BCUT2D eigenvalue weighted by atomic mass is 10.1. The van der Waals surface area contributed by atoms with Gasteiger partial charge in [0.05, 0.1) is 37.9 Å². The number of rotatable bonds is 4. The summed E-state index contributed by atoms with van der Waals surface area (Å²) in [4.78, 5) is 31.6. The van der Waals surface area contributed by atoms with Crippen LogP contribution in [0.1, 0.15) is 33.4 Å². The number of aromatic nitrogens is 2. The average Bonchev–Trinajstić information content (AvgIpc) is 3.36. The molecule has 1 atom stereocenters. The second kappa shape index (κ2) is 7.11. The van der Waals surface area contributed by atoms with Crippen LogP contribution in [0.2, 0.25) is 0 Å². The third-order valence-electron chi connectivity index (χ3n) is 4.70. The Labute approximate surface area is 156 Å². The van der Waals surface area contributed by atoms with Gasteiger partial charge in [0.2, 0.25) is 5.91 Å². The standard InChI is InChI=1S/C20H20N4O3/c1-14-4-2-5-15(8-14)20(26)23-11-16-9-21-13-24(16)18(12-23)19(25)22-10-17-6-3-7-27-17/h2-9,13,18H,10-12H2,1H3,(H,22,25). The molecular weight excluding hydrogens is 344 g/mol. The Hall–Kier alpha value is -3.35. The SMILES string of the molecule is Cc1cccc(C(=O)N2Cc3cncn3C(C(=O)NCc3ccco3)C2)c1. The van der Waals surface area contributed by atoms with Gasteiger partial charge in [0, 0.05) is 11.8 Å². The zero-order valence-corrected chi connectivity index (χ0v) is 15.0. The fourth-order valence-corrected chi connectivity index (χ4v) is 3.32. The fraction of sp³-hybridized carbons (Fsp3) is 0.250. The van der Waals surface area contributed by atoms with E-state index in [4.69, 9.17) is 4.42 Å². The van der Waals surface area contributed by atoms with Crippen LogP contribution in [0.15, 0.2) is 59.6 Å². The van der Waals surface area contributed by atoms with Gasteiger partial charge in [-0.25, -0.2) is 4.98 Å². The predicted molar refractivity (Wildman–Crippen MR) is 97.7 cm³/mol. The van der Waals surface area contributed by atoms with Crippen molar-refractivity contribution < 1.29 is 14.0 Å². The zero-order chi connectivity index (χ0) is 18.8. The van der Waals surface area contributed by atoms with Crippen LogP contribution in [0.4, 0.5) is 0 Å². The van der Waals surface area contributed by atoms with Gasteiger partial charge in [-0.2, -0.15) is 0 Å². The van der Waals surface area contributed by atoms with Crippen molar-refractivity contribution in [3.63, 3.8) is 0 Å². The van der Waals surface area contributed by atoms with E-state index >= 15 is 0 Å². The molecule has 0 spiro atoms. The van der Waals surface area contributed by atoms with Gasteiger partial charge in [-0.05, 0) is 31.2 Å². The number of imidazole rings is 1. The maximum absolute atomic E-state index is 12.9. The molecule has 1 aliphatic rings. The molecule has 1 N–H and O–H groups in total. The average molecular weight is 364 g/mol. The highest BCUT2D eigenvalue weighted by Crippen LogP contribution is 2.23. The summed E-state index contributed by atoms with van der Waals surface area (Å²) < 4.78 is 7.09. The minimum absolute atomic E-state index is 0.0880. The van der Waals surface area contributed by atoms with Crippen LogP contribution in [0.5, 0.6) is 0 Å². The maximum Gasteiger partial charge on any atom is 0.254 e. The van der Waals surface area contributed by atoms with Crippen LogP contribution in [0, 0.1) is 6.92 Å². The van der Waals surface area contributed by atoms with Crippen molar-refractivity contribution in [2.45, 2.75) is 26.1 Å². The molecule has 27 heavy (non-hydrogen) atoms. The normalized spacial score (nSPS) is 16.0. The Balaban J connectivity index is 1.53. The second-order valence-corrected chi connectivity index (χ2v) is 6.66. The third kappa shape index (κ3) is 3.48. The Bertz CT molecular complexity index is 961. The molecule has 138 valence electrons. The smallest absolute Gasteiger partial charge is 0.254 e. The van der Waals surface area contributed by atoms with Crippen molar-refractivity contribution >= 4 is 11.8 Å². The van der Waals surface area contributed by atoms with Crippen LogP contribution in [0.3, 0.4) is 0 Å². The molecule has 4 rings (SSSR count). The van der Waals surface area contributed by atoms with Crippen LogP contribution >= 0.6 is 0 Å². The summed E-state index contributed by atoms with van der Waals surface area (Å²) in [5.41, 5.74) is 2.48. The van der Waals surface area contributed by atoms with Gasteiger partial charge in [-0.3, -0.25) is 9.59 Å². The molecule has 0 radical (unpaired) electrons. The Morgan fingerprint density at radius 2 is 2.19 bits per heavy atom. The number of hydrogen-bond acceptors (Lipinski definition) is 4. The largest absolute Gasteiger partial charge is 0.467 e. The zero-order valence-electron chi connectivity index (χ0n) is 15.0. The first kappa shape index (κ1) is 17.1. The van der Waals surface area contributed by atoms with E-state index in [1.54, 1.807) is 41.9 Å². The maximum atomic E-state index is 12.9. The summed E-state index contributed by atoms with van der Waals surface area (Å²) in [6, 6.07) is 10.5. The number of nitrogens with zero attached hydrogens (tertiary/aromatic N) is 3. The molecule has 7 heteroatoms. The van der Waals surface area contributed by atoms with Gasteiger partial charge < -0.3 is 19.2 Å². The third-order valence-corrected chi connectivity index (χ3v) is 4.70. The highest BCUT2D eigenvalue weighted by atomic mass is 16.3. The molecule has 3 aromatic rings. The highest BCUT2D eigenvalue weighted by molar-refractivity contribution is 5.95. The first-order chi connectivity index (χ1) is 13.1. The van der Waals surface area contributed by atoms with Crippen LogP contribution in [-0.2, 0) is 17.9 Å². The van der Waals surface area contributed by atoms with Gasteiger partial charge in [0.1, 0.15) is 11.8 Å². The van der Waals surface area contributed by atoms with Gasteiger partial charge in [-0.1, -0.05) is 17.7 Å². The Morgan fingerprint density at radius 1 is 1.30 bits per heavy atom. The number of aryl methyl sites for hydroxylation is 1. The van der Waals surface area contributed by atoms with E-state index < -0.39 is 6.04 Å². The van der Waals surface area contributed by atoms with Gasteiger partial charge in [0.15, 0.2) is 0 Å². The molecule has 1 aliphatic heterocycles. The number of carbonyl (C=O) groups is 2. The first-order valence-corrected chi connectivity index (χ1v) is 8.78. The van der Waals surface area contributed by atoms with Crippen molar-refractivity contribution in [1.29, 1.82) is 0 Å². The van der Waals surface area contributed by atoms with E-state index in [0.717, 1.165) is 11.3 Å². The van der Waals surface area contributed by atoms with Crippen LogP contribution in [-0.4, -0.2) is 32.8 Å². The predicted octanol–water partition coefficient (Wildman–Crippen LogP) is 2.30. The first-order valence-electron chi connectivity index (χ1n) is 8.78. The molecule has 2 amide bonds. The summed E-state index contributed by atoms with van der Waals surface area (Å²) in [6.45, 7) is 2.97. The van der Waals surface area contributed by atoms with E-state index in [2.05, 4.69) is 10.3 Å². The number of fused-ring (bicyclic) bond motifs is 1. The molecule has 3 heterocycles. The molecule has 1 aromatic carbocycles. The van der Waals surface area contributed by atoms with Crippen molar-refractivity contribution in [2.24, 2.45) is 0 Å².